The van der Waals surface area contributed by atoms with Crippen LogP contribution in [0.25, 0.3) is 0 Å². The number of fused-ring (bicyclic) bond motifs is 1. The van der Waals surface area contributed by atoms with E-state index in [1.807, 2.05) is 11.4 Å². The van der Waals surface area contributed by atoms with Crippen LogP contribution in [-0.2, 0) is 14.6 Å². The molecule has 0 radical (unpaired) electrons. The lowest BCUT2D eigenvalue weighted by atomic mass is 9.89. The molecule has 1 aliphatic carbocycles. The lowest BCUT2D eigenvalue weighted by Gasteiger charge is -2.23. The lowest BCUT2D eigenvalue weighted by molar-refractivity contribution is -0.125. The van der Waals surface area contributed by atoms with Crippen LogP contribution in [0, 0.1) is 5.92 Å². The largest absolute Gasteiger partial charge is 0.454 e. The number of hydrogen-bond acceptors (Lipinski definition) is 6. The number of benzene rings is 1. The maximum atomic E-state index is 13.4. The molecule has 1 saturated carbocycles. The van der Waals surface area contributed by atoms with E-state index in [2.05, 4.69) is 5.32 Å². The molecule has 28 heavy (non-hydrogen) atoms. The molecule has 1 atom stereocenters. The summed E-state index contributed by atoms with van der Waals surface area (Å²) < 4.78 is 37.4. The zero-order valence-electron chi connectivity index (χ0n) is 15.4. The Hall–Kier alpha value is -2.06. The van der Waals surface area contributed by atoms with E-state index in [-0.39, 0.29) is 30.1 Å². The molecule has 150 valence electrons. The molecule has 1 aromatic carbocycles. The Morgan fingerprint density at radius 1 is 1.14 bits per heavy atom. The standard InChI is InChI=1S/C20H23NO5S2/c22-20(14-5-2-1-3-6-14)21-12-19(18-7-4-10-27-18)28(23,24)15-8-9-16-17(11-15)26-13-25-16/h4,7-11,14,19H,1-3,5-6,12-13H2,(H,21,22)/t19-/m0/s1. The number of rotatable bonds is 6. The van der Waals surface area contributed by atoms with E-state index in [4.69, 9.17) is 9.47 Å². The van der Waals surface area contributed by atoms with Crippen molar-refractivity contribution in [1.82, 2.24) is 5.32 Å². The fraction of sp³-hybridized carbons (Fsp3) is 0.450. The predicted molar refractivity (Wildman–Crippen MR) is 106 cm³/mol. The van der Waals surface area contributed by atoms with E-state index in [0.29, 0.717) is 16.4 Å². The highest BCUT2D eigenvalue weighted by Gasteiger charge is 2.32. The number of hydrogen-bond donors (Lipinski definition) is 1. The van der Waals surface area contributed by atoms with E-state index in [1.54, 1.807) is 12.1 Å². The normalized spacial score (nSPS) is 18.0. The highest BCUT2D eigenvalue weighted by molar-refractivity contribution is 7.91. The Balaban J connectivity index is 1.56. The van der Waals surface area contributed by atoms with Crippen LogP contribution >= 0.6 is 11.3 Å². The Bertz CT molecular complexity index is 934. The van der Waals surface area contributed by atoms with Crippen molar-refractivity contribution in [3.05, 3.63) is 40.6 Å². The van der Waals surface area contributed by atoms with Gasteiger partial charge in [0.1, 0.15) is 5.25 Å². The minimum atomic E-state index is -3.71. The van der Waals surface area contributed by atoms with Crippen LogP contribution in [0.5, 0.6) is 11.5 Å². The molecule has 1 N–H and O–H groups in total. The molecule has 1 aliphatic heterocycles. The van der Waals surface area contributed by atoms with E-state index in [1.165, 1.54) is 29.9 Å². The topological polar surface area (TPSA) is 81.7 Å². The highest BCUT2D eigenvalue weighted by atomic mass is 32.2. The van der Waals surface area contributed by atoms with Gasteiger partial charge in [-0.2, -0.15) is 0 Å². The van der Waals surface area contributed by atoms with Crippen molar-refractivity contribution in [3.8, 4) is 11.5 Å². The summed E-state index contributed by atoms with van der Waals surface area (Å²) in [5.41, 5.74) is 0. The van der Waals surface area contributed by atoms with Gasteiger partial charge in [0, 0.05) is 23.4 Å². The molecule has 6 nitrogen and oxygen atoms in total. The number of carbonyl (C=O) groups is 1. The summed E-state index contributed by atoms with van der Waals surface area (Å²) in [5, 5.41) is 3.92. The molecule has 2 aromatic rings. The first-order valence-corrected chi connectivity index (χ1v) is 11.9. The molecular formula is C20H23NO5S2. The van der Waals surface area contributed by atoms with E-state index >= 15 is 0 Å². The van der Waals surface area contributed by atoms with Crippen LogP contribution in [0.2, 0.25) is 0 Å². The highest BCUT2D eigenvalue weighted by Crippen LogP contribution is 2.38. The summed E-state index contributed by atoms with van der Waals surface area (Å²) in [6, 6.07) is 8.27. The minimum Gasteiger partial charge on any atom is -0.454 e. The molecule has 1 fully saturated rings. The Morgan fingerprint density at radius 2 is 1.93 bits per heavy atom. The second-order valence-electron chi connectivity index (χ2n) is 7.14. The van der Waals surface area contributed by atoms with Gasteiger partial charge in [0.2, 0.25) is 12.7 Å². The summed E-state index contributed by atoms with van der Waals surface area (Å²) >= 11 is 1.38. The van der Waals surface area contributed by atoms with Crippen molar-refractivity contribution in [3.63, 3.8) is 0 Å². The van der Waals surface area contributed by atoms with Crippen molar-refractivity contribution in [2.75, 3.05) is 13.3 Å². The number of thiophene rings is 1. The average Bonchev–Trinajstić information content (AvgIpc) is 3.40. The Kier molecular flexibility index (Phi) is 5.59. The van der Waals surface area contributed by atoms with Crippen LogP contribution in [0.3, 0.4) is 0 Å². The molecule has 2 aliphatic rings. The third kappa shape index (κ3) is 3.89. The SMILES string of the molecule is O=C(NC[C@@H](c1cccs1)S(=O)(=O)c1ccc2c(c1)OCO2)C1CCCCC1. The maximum absolute atomic E-state index is 13.4. The van der Waals surface area contributed by atoms with Crippen LogP contribution in [0.4, 0.5) is 0 Å². The van der Waals surface area contributed by atoms with Crippen molar-refractivity contribution in [1.29, 1.82) is 0 Å². The molecule has 0 unspecified atom stereocenters. The van der Waals surface area contributed by atoms with Gasteiger partial charge in [-0.15, -0.1) is 11.3 Å². The molecule has 8 heteroatoms. The van der Waals surface area contributed by atoms with Crippen LogP contribution in [-0.4, -0.2) is 27.7 Å². The van der Waals surface area contributed by atoms with E-state index in [9.17, 15) is 13.2 Å². The van der Waals surface area contributed by atoms with Crippen LogP contribution in [0.1, 0.15) is 42.2 Å². The predicted octanol–water partition coefficient (Wildman–Crippen LogP) is 3.69. The second kappa shape index (κ2) is 8.13. The van der Waals surface area contributed by atoms with Gasteiger partial charge in [0.05, 0.1) is 4.90 Å². The van der Waals surface area contributed by atoms with E-state index < -0.39 is 15.1 Å². The van der Waals surface area contributed by atoms with Gasteiger partial charge in [-0.1, -0.05) is 25.3 Å². The quantitative estimate of drug-likeness (QED) is 0.769. The first kappa shape index (κ1) is 19.3. The molecular weight excluding hydrogens is 398 g/mol. The molecule has 4 rings (SSSR count). The fourth-order valence-corrected chi connectivity index (χ4v) is 6.56. The summed E-state index contributed by atoms with van der Waals surface area (Å²) in [7, 11) is -3.71. The van der Waals surface area contributed by atoms with Gasteiger partial charge in [-0.25, -0.2) is 8.42 Å². The monoisotopic (exact) mass is 421 g/mol. The van der Waals surface area contributed by atoms with E-state index in [0.717, 1.165) is 25.7 Å². The Morgan fingerprint density at radius 3 is 2.68 bits per heavy atom. The second-order valence-corrected chi connectivity index (χ2v) is 10.3. The molecule has 1 aromatic heterocycles. The summed E-state index contributed by atoms with van der Waals surface area (Å²) in [6.45, 7) is 0.150. The number of amides is 1. The van der Waals surface area contributed by atoms with Gasteiger partial charge in [0.25, 0.3) is 0 Å². The number of nitrogens with one attached hydrogen (secondary N) is 1. The molecule has 0 bridgehead atoms. The smallest absolute Gasteiger partial charge is 0.231 e. The van der Waals surface area contributed by atoms with Gasteiger partial charge in [-0.05, 0) is 36.4 Å². The molecule has 1 amide bonds. The van der Waals surface area contributed by atoms with Crippen molar-refractivity contribution in [2.24, 2.45) is 5.92 Å². The zero-order valence-corrected chi connectivity index (χ0v) is 17.1. The minimum absolute atomic E-state index is 0.00835. The van der Waals surface area contributed by atoms with Crippen LogP contribution < -0.4 is 14.8 Å². The van der Waals surface area contributed by atoms with Gasteiger partial charge < -0.3 is 14.8 Å². The Labute approximate surface area is 168 Å². The fourth-order valence-electron chi connectivity index (χ4n) is 3.76. The molecule has 0 spiro atoms. The number of carbonyl (C=O) groups excluding carboxylic acids is 1. The van der Waals surface area contributed by atoms with Gasteiger partial charge in [0.15, 0.2) is 21.3 Å². The van der Waals surface area contributed by atoms with Gasteiger partial charge >= 0.3 is 0 Å². The molecule has 2 heterocycles. The third-order valence-electron chi connectivity index (χ3n) is 5.35. The molecule has 0 saturated heterocycles. The van der Waals surface area contributed by atoms with Crippen molar-refractivity contribution < 1.29 is 22.7 Å². The summed E-state index contributed by atoms with van der Waals surface area (Å²) in [6.07, 6.45) is 5.04. The first-order chi connectivity index (χ1) is 13.6. The average molecular weight is 422 g/mol. The van der Waals surface area contributed by atoms with Crippen molar-refractivity contribution in [2.45, 2.75) is 42.2 Å². The third-order valence-corrected chi connectivity index (χ3v) is 8.56. The summed E-state index contributed by atoms with van der Waals surface area (Å²) in [5.74, 6) is 0.919. The summed E-state index contributed by atoms with van der Waals surface area (Å²) in [4.78, 5) is 13.4. The van der Waals surface area contributed by atoms with Crippen LogP contribution in [0.15, 0.2) is 40.6 Å². The number of sulfone groups is 1. The van der Waals surface area contributed by atoms with Crippen molar-refractivity contribution >= 4 is 27.1 Å². The number of ether oxygens (including phenoxy) is 2. The zero-order chi connectivity index (χ0) is 19.6. The van der Waals surface area contributed by atoms with Gasteiger partial charge in [-0.3, -0.25) is 4.79 Å². The first-order valence-electron chi connectivity index (χ1n) is 9.50. The lowest BCUT2D eigenvalue weighted by Crippen LogP contribution is -2.36. The maximum Gasteiger partial charge on any atom is 0.231 e.